The Morgan fingerprint density at radius 2 is 1.73 bits per heavy atom. The first-order valence-corrected chi connectivity index (χ1v) is 3.41. The van der Waals surface area contributed by atoms with E-state index < -0.39 is 12.5 Å². The molecule has 1 radical (unpaired) electrons. The molecule has 0 saturated heterocycles. The largest absolute Gasteiger partial charge is 0.293 e. The maximum Gasteiger partial charge on any atom is 0.259 e. The number of nitrogens with zero attached hydrogens (tertiary/aromatic N) is 1. The molecule has 0 bridgehead atoms. The summed E-state index contributed by atoms with van der Waals surface area (Å²) in [6.07, 6.45) is 6.52. The molecule has 0 aliphatic heterocycles. The molecule has 3 nitrogen and oxygen atoms in total. The predicted molar refractivity (Wildman–Crippen MR) is 42.0 cm³/mol. The van der Waals surface area contributed by atoms with Crippen molar-refractivity contribution in [1.29, 1.82) is 0 Å². The van der Waals surface area contributed by atoms with Gasteiger partial charge in [-0.05, 0) is 13.8 Å². The first-order valence-electron chi connectivity index (χ1n) is 3.41. The quantitative estimate of drug-likeness (QED) is 0.604. The average Bonchev–Trinajstić information content (AvgIpc) is 2.03. The fourth-order valence-corrected chi connectivity index (χ4v) is 0.612. The molecule has 0 atom stereocenters. The van der Waals surface area contributed by atoms with Crippen LogP contribution in [0.5, 0.6) is 0 Å². The molecule has 0 rings (SSSR count). The summed E-state index contributed by atoms with van der Waals surface area (Å²) in [5, 5.41) is 10.2. The summed E-state index contributed by atoms with van der Waals surface area (Å²) >= 11 is 0. The lowest BCUT2D eigenvalue weighted by Crippen LogP contribution is -2.22. The van der Waals surface area contributed by atoms with Gasteiger partial charge in [0.15, 0.2) is 6.61 Å². The summed E-state index contributed by atoms with van der Waals surface area (Å²) in [7, 11) is 0. The maximum absolute atomic E-state index is 10.8. The Kier molecular flexibility index (Phi) is 5.11. The van der Waals surface area contributed by atoms with Gasteiger partial charge in [-0.2, -0.15) is 0 Å². The van der Waals surface area contributed by atoms with Gasteiger partial charge in [-0.1, -0.05) is 12.2 Å². The molecule has 0 N–H and O–H groups in total. The third-order valence-electron chi connectivity index (χ3n) is 1.03. The minimum atomic E-state index is -0.714. The van der Waals surface area contributed by atoms with Crippen molar-refractivity contribution in [3.8, 4) is 0 Å². The molecule has 0 aromatic rings. The lowest BCUT2D eigenvalue weighted by Gasteiger charge is -2.09. The molecular formula is C8H12NO2. The Morgan fingerprint density at radius 1 is 1.27 bits per heavy atom. The Hall–Kier alpha value is -1.09. The highest BCUT2D eigenvalue weighted by Crippen LogP contribution is 1.92. The van der Waals surface area contributed by atoms with Crippen LogP contribution in [0.25, 0.3) is 0 Å². The number of amides is 1. The monoisotopic (exact) mass is 154 g/mol. The zero-order valence-electron chi connectivity index (χ0n) is 6.78. The van der Waals surface area contributed by atoms with Crippen LogP contribution in [0, 0.1) is 0 Å². The number of hydrogen-bond donors (Lipinski definition) is 0. The van der Waals surface area contributed by atoms with Crippen molar-refractivity contribution < 1.29 is 9.90 Å². The molecule has 0 aromatic carbocycles. The van der Waals surface area contributed by atoms with Crippen LogP contribution in [0.3, 0.4) is 0 Å². The summed E-state index contributed by atoms with van der Waals surface area (Å²) in [6, 6.07) is 0. The summed E-state index contributed by atoms with van der Waals surface area (Å²) in [5.74, 6) is -0.443. The van der Waals surface area contributed by atoms with Gasteiger partial charge in [-0.15, -0.1) is 0 Å². The average molecular weight is 154 g/mol. The van der Waals surface area contributed by atoms with E-state index in [1.807, 2.05) is 0 Å². The SMILES string of the molecule is C/C=C\N(/C=C\C)C(=O)C[O]. The predicted octanol–water partition coefficient (Wildman–Crippen LogP) is 1.31. The Labute approximate surface area is 66.6 Å². The van der Waals surface area contributed by atoms with Crippen LogP contribution in [0.1, 0.15) is 13.8 Å². The number of hydrogen-bond acceptors (Lipinski definition) is 1. The molecule has 11 heavy (non-hydrogen) atoms. The molecule has 0 unspecified atom stereocenters. The van der Waals surface area contributed by atoms with E-state index in [-0.39, 0.29) is 0 Å². The number of allylic oxidation sites excluding steroid dienone is 2. The molecule has 0 saturated carbocycles. The second kappa shape index (κ2) is 5.68. The Balaban J connectivity index is 4.20. The highest BCUT2D eigenvalue weighted by Gasteiger charge is 2.04. The van der Waals surface area contributed by atoms with E-state index in [1.165, 1.54) is 4.90 Å². The molecule has 0 heterocycles. The third-order valence-corrected chi connectivity index (χ3v) is 1.03. The lowest BCUT2D eigenvalue weighted by atomic mass is 10.5. The van der Waals surface area contributed by atoms with Gasteiger partial charge < -0.3 is 0 Å². The molecule has 3 heteroatoms. The molecule has 0 fully saturated rings. The minimum absolute atomic E-state index is 0.443. The number of rotatable bonds is 3. The topological polar surface area (TPSA) is 40.2 Å². The van der Waals surface area contributed by atoms with Gasteiger partial charge in [0.25, 0.3) is 5.91 Å². The van der Waals surface area contributed by atoms with E-state index in [4.69, 9.17) is 0 Å². The van der Waals surface area contributed by atoms with Crippen LogP contribution in [0.15, 0.2) is 24.6 Å². The van der Waals surface area contributed by atoms with Crippen LogP contribution in [-0.4, -0.2) is 17.4 Å². The zero-order chi connectivity index (χ0) is 8.69. The Morgan fingerprint density at radius 3 is 2.00 bits per heavy atom. The molecule has 61 valence electrons. The fraction of sp³-hybridized carbons (Fsp3) is 0.375. The van der Waals surface area contributed by atoms with Crippen molar-refractivity contribution in [3.05, 3.63) is 24.6 Å². The van der Waals surface area contributed by atoms with Gasteiger partial charge in [0.05, 0.1) is 0 Å². The van der Waals surface area contributed by atoms with Gasteiger partial charge in [0, 0.05) is 12.4 Å². The summed E-state index contributed by atoms with van der Waals surface area (Å²) in [4.78, 5) is 12.1. The van der Waals surface area contributed by atoms with Crippen molar-refractivity contribution >= 4 is 5.91 Å². The summed E-state index contributed by atoms with van der Waals surface area (Å²) in [6.45, 7) is 2.86. The molecule has 0 aliphatic carbocycles. The number of carbonyl (C=O) groups is 1. The summed E-state index contributed by atoms with van der Waals surface area (Å²) in [5.41, 5.74) is 0. The Bertz CT molecular complexity index is 161. The van der Waals surface area contributed by atoms with Crippen LogP contribution in [-0.2, 0) is 9.90 Å². The standard InChI is InChI=1S/C8H12NO2/c1-3-5-9(6-4-2)8(11)7-10/h3-6H,7H2,1-2H3/b5-3-,6-4-. The molecule has 1 amide bonds. The van der Waals surface area contributed by atoms with Gasteiger partial charge in [-0.3, -0.25) is 9.69 Å². The van der Waals surface area contributed by atoms with Gasteiger partial charge in [-0.25, -0.2) is 5.11 Å². The van der Waals surface area contributed by atoms with Crippen LogP contribution >= 0.6 is 0 Å². The first-order chi connectivity index (χ1) is 5.26. The molecule has 0 spiro atoms. The summed E-state index contributed by atoms with van der Waals surface area (Å²) < 4.78 is 0. The minimum Gasteiger partial charge on any atom is -0.293 e. The van der Waals surface area contributed by atoms with Crippen molar-refractivity contribution in [2.24, 2.45) is 0 Å². The molecule has 0 aliphatic rings. The van der Waals surface area contributed by atoms with Crippen LogP contribution < -0.4 is 0 Å². The van der Waals surface area contributed by atoms with Gasteiger partial charge in [0.1, 0.15) is 0 Å². The van der Waals surface area contributed by atoms with E-state index in [0.29, 0.717) is 0 Å². The van der Waals surface area contributed by atoms with Crippen molar-refractivity contribution in [2.75, 3.05) is 6.61 Å². The second-order valence-corrected chi connectivity index (χ2v) is 1.91. The second-order valence-electron chi connectivity index (χ2n) is 1.91. The molecule has 0 aromatic heterocycles. The zero-order valence-corrected chi connectivity index (χ0v) is 6.78. The van der Waals surface area contributed by atoms with Crippen LogP contribution in [0.2, 0.25) is 0 Å². The van der Waals surface area contributed by atoms with Crippen LogP contribution in [0.4, 0.5) is 0 Å². The number of carbonyl (C=O) groups excluding carboxylic acids is 1. The van der Waals surface area contributed by atoms with E-state index in [2.05, 4.69) is 0 Å². The van der Waals surface area contributed by atoms with Gasteiger partial charge >= 0.3 is 0 Å². The fourth-order valence-electron chi connectivity index (χ4n) is 0.612. The lowest BCUT2D eigenvalue weighted by molar-refractivity contribution is -0.131. The molecular weight excluding hydrogens is 142 g/mol. The van der Waals surface area contributed by atoms with E-state index in [0.717, 1.165) is 0 Å². The van der Waals surface area contributed by atoms with E-state index in [9.17, 15) is 9.90 Å². The highest BCUT2D eigenvalue weighted by atomic mass is 16.3. The van der Waals surface area contributed by atoms with Crippen molar-refractivity contribution in [2.45, 2.75) is 13.8 Å². The highest BCUT2D eigenvalue weighted by molar-refractivity contribution is 5.79. The van der Waals surface area contributed by atoms with E-state index >= 15 is 0 Å². The third kappa shape index (κ3) is 3.57. The van der Waals surface area contributed by atoms with Gasteiger partial charge in [0.2, 0.25) is 0 Å². The van der Waals surface area contributed by atoms with Crippen molar-refractivity contribution in [1.82, 2.24) is 4.90 Å². The smallest absolute Gasteiger partial charge is 0.259 e. The first kappa shape index (κ1) is 9.91. The van der Waals surface area contributed by atoms with E-state index in [1.54, 1.807) is 38.4 Å². The van der Waals surface area contributed by atoms with Crippen molar-refractivity contribution in [3.63, 3.8) is 0 Å². The normalized spacial score (nSPS) is 11.2. The maximum atomic E-state index is 10.8.